The third-order valence-corrected chi connectivity index (χ3v) is 3.86. The van der Waals surface area contributed by atoms with Crippen molar-refractivity contribution in [3.8, 4) is 0 Å². The number of rotatable bonds is 2. The summed E-state index contributed by atoms with van der Waals surface area (Å²) in [6, 6.07) is 15.4. The molecule has 19 heavy (non-hydrogen) atoms. The van der Waals surface area contributed by atoms with E-state index < -0.39 is 0 Å². The van der Waals surface area contributed by atoms with Crippen molar-refractivity contribution >= 4 is 22.7 Å². The Labute approximate surface area is 115 Å². The van der Waals surface area contributed by atoms with E-state index in [-0.39, 0.29) is 5.43 Å². The Morgan fingerprint density at radius 1 is 1.05 bits per heavy atom. The zero-order valence-electron chi connectivity index (χ0n) is 10.4. The van der Waals surface area contributed by atoms with Gasteiger partial charge in [-0.1, -0.05) is 41.6 Å². The molecule has 0 spiro atoms. The molecule has 3 aromatic rings. The van der Waals surface area contributed by atoms with Gasteiger partial charge in [0.2, 0.25) is 5.43 Å². The molecule has 0 N–H and O–H groups in total. The molecule has 0 aliphatic carbocycles. The molecule has 0 aliphatic heterocycles. The summed E-state index contributed by atoms with van der Waals surface area (Å²) in [5, 5.41) is 0.625. The maximum atomic E-state index is 12.3. The summed E-state index contributed by atoms with van der Waals surface area (Å²) in [7, 11) is 0. The Morgan fingerprint density at radius 2 is 1.89 bits per heavy atom. The lowest BCUT2D eigenvalue weighted by Crippen LogP contribution is -2.03. The van der Waals surface area contributed by atoms with Crippen molar-refractivity contribution in [1.29, 1.82) is 0 Å². The molecule has 3 rings (SSSR count). The van der Waals surface area contributed by atoms with Crippen molar-refractivity contribution in [1.82, 2.24) is 0 Å². The highest BCUT2D eigenvalue weighted by Gasteiger charge is 2.07. The quantitative estimate of drug-likeness (QED) is 0.696. The van der Waals surface area contributed by atoms with Crippen LogP contribution in [0.25, 0.3) is 11.0 Å². The van der Waals surface area contributed by atoms with Gasteiger partial charge in [-0.25, -0.2) is 0 Å². The van der Waals surface area contributed by atoms with Gasteiger partial charge in [-0.3, -0.25) is 4.79 Å². The molecular weight excluding hydrogens is 256 g/mol. The van der Waals surface area contributed by atoms with Gasteiger partial charge in [-0.05, 0) is 31.2 Å². The maximum Gasteiger partial charge on any atom is 0.206 e. The first-order valence-corrected chi connectivity index (χ1v) is 6.81. The highest BCUT2D eigenvalue weighted by atomic mass is 32.2. The minimum absolute atomic E-state index is 0.0216. The Bertz CT molecular complexity index is 790. The predicted octanol–water partition coefficient (Wildman–Crippen LogP) is 4.25. The number of benzene rings is 2. The third-order valence-electron chi connectivity index (χ3n) is 2.87. The summed E-state index contributed by atoms with van der Waals surface area (Å²) < 4.78 is 5.51. The van der Waals surface area contributed by atoms with E-state index in [4.69, 9.17) is 4.42 Å². The lowest BCUT2D eigenvalue weighted by Gasteiger charge is -2.03. The van der Waals surface area contributed by atoms with Gasteiger partial charge in [0.1, 0.15) is 11.8 Å². The molecule has 1 aromatic heterocycles. The molecule has 0 radical (unpaired) electrons. The summed E-state index contributed by atoms with van der Waals surface area (Å²) in [6.07, 6.45) is 1.54. The average Bonchev–Trinajstić information content (AvgIpc) is 2.42. The van der Waals surface area contributed by atoms with Crippen LogP contribution in [0.3, 0.4) is 0 Å². The fourth-order valence-corrected chi connectivity index (χ4v) is 2.88. The van der Waals surface area contributed by atoms with E-state index in [1.807, 2.05) is 37.3 Å². The number of fused-ring (bicyclic) bond motifs is 1. The smallest absolute Gasteiger partial charge is 0.206 e. The highest BCUT2D eigenvalue weighted by molar-refractivity contribution is 7.99. The van der Waals surface area contributed by atoms with E-state index in [1.165, 1.54) is 23.6 Å². The van der Waals surface area contributed by atoms with E-state index in [2.05, 4.69) is 6.07 Å². The van der Waals surface area contributed by atoms with Gasteiger partial charge in [0.05, 0.1) is 10.3 Å². The predicted molar refractivity (Wildman–Crippen MR) is 77.8 cm³/mol. The average molecular weight is 268 g/mol. The molecule has 2 aromatic carbocycles. The van der Waals surface area contributed by atoms with Crippen molar-refractivity contribution < 1.29 is 4.42 Å². The van der Waals surface area contributed by atoms with Crippen LogP contribution in [0.1, 0.15) is 5.56 Å². The van der Waals surface area contributed by atoms with Crippen LogP contribution in [-0.2, 0) is 0 Å². The summed E-state index contributed by atoms with van der Waals surface area (Å²) in [5.74, 6) is 0. The summed E-state index contributed by atoms with van der Waals surface area (Å²) in [4.78, 5) is 14.0. The van der Waals surface area contributed by atoms with Crippen LogP contribution in [-0.4, -0.2) is 0 Å². The SMILES string of the molecule is Cc1cccc(Sc2coc3ccccc3c2=O)c1. The molecule has 0 saturated heterocycles. The Morgan fingerprint density at radius 3 is 2.74 bits per heavy atom. The molecule has 0 bridgehead atoms. The van der Waals surface area contributed by atoms with Gasteiger partial charge in [0.25, 0.3) is 0 Å². The molecule has 0 saturated carbocycles. The second kappa shape index (κ2) is 4.94. The van der Waals surface area contributed by atoms with Crippen LogP contribution < -0.4 is 5.43 Å². The Balaban J connectivity index is 2.06. The normalized spacial score (nSPS) is 10.8. The molecule has 0 unspecified atom stereocenters. The minimum Gasteiger partial charge on any atom is -0.463 e. The number of aryl methyl sites for hydroxylation is 1. The van der Waals surface area contributed by atoms with Crippen molar-refractivity contribution in [2.75, 3.05) is 0 Å². The van der Waals surface area contributed by atoms with Gasteiger partial charge >= 0.3 is 0 Å². The molecular formula is C16H12O2S. The lowest BCUT2D eigenvalue weighted by molar-refractivity contribution is 0.587. The van der Waals surface area contributed by atoms with Crippen LogP contribution in [0.4, 0.5) is 0 Å². The first-order chi connectivity index (χ1) is 9.24. The second-order valence-electron chi connectivity index (χ2n) is 4.34. The molecule has 0 aliphatic rings. The summed E-state index contributed by atoms with van der Waals surface area (Å²) in [5.41, 5.74) is 1.82. The summed E-state index contributed by atoms with van der Waals surface area (Å²) in [6.45, 7) is 2.03. The standard InChI is InChI=1S/C16H12O2S/c1-11-5-4-6-12(9-11)19-15-10-18-14-8-3-2-7-13(14)16(15)17/h2-10H,1H3. The van der Waals surface area contributed by atoms with Crippen LogP contribution >= 0.6 is 11.8 Å². The number of hydrogen-bond acceptors (Lipinski definition) is 3. The Hall–Kier alpha value is -2.00. The Kier molecular flexibility index (Phi) is 3.13. The molecule has 1 heterocycles. The monoisotopic (exact) mass is 268 g/mol. The first-order valence-electron chi connectivity index (χ1n) is 5.99. The van der Waals surface area contributed by atoms with E-state index in [1.54, 1.807) is 12.1 Å². The number of hydrogen-bond donors (Lipinski definition) is 0. The van der Waals surface area contributed by atoms with E-state index in [0.717, 1.165) is 4.90 Å². The van der Waals surface area contributed by atoms with Gasteiger partial charge in [0.15, 0.2) is 0 Å². The van der Waals surface area contributed by atoms with Crippen LogP contribution in [0, 0.1) is 6.92 Å². The maximum absolute atomic E-state index is 12.3. The molecule has 3 heteroatoms. The van der Waals surface area contributed by atoms with Crippen LogP contribution in [0.5, 0.6) is 0 Å². The van der Waals surface area contributed by atoms with E-state index in [9.17, 15) is 4.79 Å². The van der Waals surface area contributed by atoms with Crippen molar-refractivity contribution in [3.63, 3.8) is 0 Å². The lowest BCUT2D eigenvalue weighted by atomic mass is 10.2. The fourth-order valence-electron chi connectivity index (χ4n) is 1.94. The van der Waals surface area contributed by atoms with Gasteiger partial charge < -0.3 is 4.42 Å². The number of para-hydroxylation sites is 1. The highest BCUT2D eigenvalue weighted by Crippen LogP contribution is 2.27. The molecule has 0 amide bonds. The van der Waals surface area contributed by atoms with Gasteiger partial charge in [-0.15, -0.1) is 0 Å². The van der Waals surface area contributed by atoms with Crippen LogP contribution in [0.2, 0.25) is 0 Å². The van der Waals surface area contributed by atoms with E-state index in [0.29, 0.717) is 15.9 Å². The zero-order valence-corrected chi connectivity index (χ0v) is 11.2. The summed E-state index contributed by atoms with van der Waals surface area (Å²) >= 11 is 1.44. The van der Waals surface area contributed by atoms with Crippen molar-refractivity contribution in [2.24, 2.45) is 0 Å². The third kappa shape index (κ3) is 2.42. The molecule has 94 valence electrons. The van der Waals surface area contributed by atoms with Crippen molar-refractivity contribution in [3.05, 3.63) is 70.6 Å². The second-order valence-corrected chi connectivity index (χ2v) is 5.46. The molecule has 2 nitrogen and oxygen atoms in total. The minimum atomic E-state index is 0.0216. The zero-order chi connectivity index (χ0) is 13.2. The largest absolute Gasteiger partial charge is 0.463 e. The van der Waals surface area contributed by atoms with Gasteiger partial charge in [-0.2, -0.15) is 0 Å². The van der Waals surface area contributed by atoms with Gasteiger partial charge in [0, 0.05) is 4.90 Å². The molecule has 0 atom stereocenters. The van der Waals surface area contributed by atoms with Crippen LogP contribution in [0.15, 0.2) is 73.8 Å². The topological polar surface area (TPSA) is 30.2 Å². The molecule has 0 fully saturated rings. The fraction of sp³-hybridized carbons (Fsp3) is 0.0625. The first kappa shape index (κ1) is 12.1. The van der Waals surface area contributed by atoms with E-state index >= 15 is 0 Å². The van der Waals surface area contributed by atoms with Crippen molar-refractivity contribution in [2.45, 2.75) is 16.7 Å².